The summed E-state index contributed by atoms with van der Waals surface area (Å²) in [5.74, 6) is -6.21. The summed E-state index contributed by atoms with van der Waals surface area (Å²) < 4.78 is 67.2. The molecule has 0 aromatic heterocycles. The van der Waals surface area contributed by atoms with E-state index < -0.39 is 35.1 Å². The lowest BCUT2D eigenvalue weighted by molar-refractivity contribution is -0.166. The SMILES string of the molecule is CC1C=C(F)C(C(=O)C(F)(F)F)=C(F)C1=C1C=C2CCCCC2=CN1C. The van der Waals surface area contributed by atoms with Crippen molar-refractivity contribution in [2.75, 3.05) is 7.05 Å². The summed E-state index contributed by atoms with van der Waals surface area (Å²) >= 11 is 0. The zero-order valence-electron chi connectivity index (χ0n) is 14.4. The minimum Gasteiger partial charge on any atom is -0.350 e. The topological polar surface area (TPSA) is 20.3 Å². The van der Waals surface area contributed by atoms with Crippen LogP contribution in [-0.4, -0.2) is 23.9 Å². The number of fused-ring (bicyclic) bond motifs is 1. The van der Waals surface area contributed by atoms with E-state index in [1.807, 2.05) is 6.20 Å². The molecule has 1 atom stereocenters. The van der Waals surface area contributed by atoms with E-state index in [2.05, 4.69) is 0 Å². The van der Waals surface area contributed by atoms with Crippen molar-refractivity contribution in [1.82, 2.24) is 4.90 Å². The van der Waals surface area contributed by atoms with Gasteiger partial charge in [-0.3, -0.25) is 4.79 Å². The fourth-order valence-corrected chi connectivity index (χ4v) is 3.62. The van der Waals surface area contributed by atoms with Gasteiger partial charge in [0.15, 0.2) is 0 Å². The number of likely N-dealkylation sites (N-methyl/N-ethyl adjacent to an activating group) is 1. The molecule has 2 aliphatic carbocycles. The van der Waals surface area contributed by atoms with Gasteiger partial charge in [-0.15, -0.1) is 0 Å². The molecule has 140 valence electrons. The average Bonchev–Trinajstić information content (AvgIpc) is 2.53. The van der Waals surface area contributed by atoms with E-state index in [1.165, 1.54) is 6.92 Å². The number of alkyl halides is 3. The highest BCUT2D eigenvalue weighted by molar-refractivity contribution is 6.04. The fourth-order valence-electron chi connectivity index (χ4n) is 3.62. The van der Waals surface area contributed by atoms with Crippen LogP contribution in [0, 0.1) is 5.92 Å². The first kappa shape index (κ1) is 18.6. The highest BCUT2D eigenvalue weighted by Gasteiger charge is 2.46. The maximum atomic E-state index is 14.9. The lowest BCUT2D eigenvalue weighted by atomic mass is 9.83. The lowest BCUT2D eigenvalue weighted by Crippen LogP contribution is -2.28. The summed E-state index contributed by atoms with van der Waals surface area (Å²) in [6, 6.07) is 0. The maximum Gasteiger partial charge on any atom is 0.455 e. The summed E-state index contributed by atoms with van der Waals surface area (Å²) in [6.07, 6.45) is 2.80. The molecule has 1 saturated carbocycles. The van der Waals surface area contributed by atoms with E-state index in [1.54, 1.807) is 18.0 Å². The predicted molar refractivity (Wildman–Crippen MR) is 87.0 cm³/mol. The van der Waals surface area contributed by atoms with Gasteiger partial charge in [-0.2, -0.15) is 13.2 Å². The third-order valence-corrected chi connectivity index (χ3v) is 4.90. The third-order valence-electron chi connectivity index (χ3n) is 4.90. The van der Waals surface area contributed by atoms with Crippen molar-refractivity contribution in [3.8, 4) is 0 Å². The van der Waals surface area contributed by atoms with Crippen LogP contribution < -0.4 is 0 Å². The van der Waals surface area contributed by atoms with E-state index in [0.29, 0.717) is 5.70 Å². The van der Waals surface area contributed by atoms with Crippen LogP contribution >= 0.6 is 0 Å². The van der Waals surface area contributed by atoms with Crippen molar-refractivity contribution in [3.05, 3.63) is 58.0 Å². The Hall–Kier alpha value is -2.18. The molecule has 1 fully saturated rings. The molecule has 0 saturated heterocycles. The second-order valence-corrected chi connectivity index (χ2v) is 6.76. The van der Waals surface area contributed by atoms with Gasteiger partial charge in [-0.05, 0) is 49.0 Å². The van der Waals surface area contributed by atoms with Crippen molar-refractivity contribution in [2.45, 2.75) is 38.8 Å². The van der Waals surface area contributed by atoms with Crippen LogP contribution in [0.4, 0.5) is 22.0 Å². The molecule has 1 unspecified atom stereocenters. The van der Waals surface area contributed by atoms with E-state index in [4.69, 9.17) is 0 Å². The molecule has 0 bridgehead atoms. The van der Waals surface area contributed by atoms with Gasteiger partial charge >= 0.3 is 6.18 Å². The van der Waals surface area contributed by atoms with Crippen molar-refractivity contribution >= 4 is 5.78 Å². The van der Waals surface area contributed by atoms with Gasteiger partial charge in [0.2, 0.25) is 0 Å². The zero-order chi connectivity index (χ0) is 19.2. The first-order valence-electron chi connectivity index (χ1n) is 8.39. The smallest absolute Gasteiger partial charge is 0.350 e. The molecule has 26 heavy (non-hydrogen) atoms. The second-order valence-electron chi connectivity index (χ2n) is 6.76. The molecular formula is C19H18F5NO. The van der Waals surface area contributed by atoms with Gasteiger partial charge in [0.05, 0.1) is 5.57 Å². The molecule has 7 heteroatoms. The molecule has 0 radical (unpaired) electrons. The van der Waals surface area contributed by atoms with Gasteiger partial charge in [-0.25, -0.2) is 8.78 Å². The van der Waals surface area contributed by atoms with Crippen molar-refractivity contribution in [1.29, 1.82) is 0 Å². The molecule has 0 aromatic rings. The number of allylic oxidation sites excluding steroid dienone is 8. The summed E-state index contributed by atoms with van der Waals surface area (Å²) in [7, 11) is 1.66. The third kappa shape index (κ3) is 3.15. The molecule has 1 aliphatic heterocycles. The van der Waals surface area contributed by atoms with Crippen molar-refractivity contribution in [2.24, 2.45) is 5.92 Å². The Morgan fingerprint density at radius 1 is 1.15 bits per heavy atom. The van der Waals surface area contributed by atoms with Gasteiger partial charge in [-0.1, -0.05) is 6.92 Å². The Morgan fingerprint density at radius 2 is 1.77 bits per heavy atom. The van der Waals surface area contributed by atoms with Crippen LogP contribution in [0.3, 0.4) is 0 Å². The summed E-state index contributed by atoms with van der Waals surface area (Å²) in [5.41, 5.74) is 0.838. The largest absolute Gasteiger partial charge is 0.455 e. The Bertz CT molecular complexity index is 810. The molecule has 1 heterocycles. The van der Waals surface area contributed by atoms with Crippen molar-refractivity contribution < 1.29 is 26.7 Å². The first-order chi connectivity index (χ1) is 12.1. The molecule has 0 N–H and O–H groups in total. The number of carbonyl (C=O) groups excluding carboxylic acids is 1. The standard InChI is InChI=1S/C19H18F5NO/c1-10-7-13(20)16(18(26)19(22,23)24)17(21)15(10)14-8-11-5-3-4-6-12(11)9-25(14)2/h7-10H,3-6H2,1-2H3. The molecule has 0 spiro atoms. The summed E-state index contributed by atoms with van der Waals surface area (Å²) in [4.78, 5) is 13.1. The van der Waals surface area contributed by atoms with Crippen LogP contribution in [0.15, 0.2) is 58.0 Å². The highest BCUT2D eigenvalue weighted by atomic mass is 19.4. The second kappa shape index (κ2) is 6.52. The Balaban J connectivity index is 2.16. The number of nitrogens with zero attached hydrogens (tertiary/aromatic N) is 1. The van der Waals surface area contributed by atoms with Crippen molar-refractivity contribution in [3.63, 3.8) is 0 Å². The Kier molecular flexibility index (Phi) is 4.67. The van der Waals surface area contributed by atoms with E-state index in [-0.39, 0.29) is 5.57 Å². The zero-order valence-corrected chi connectivity index (χ0v) is 14.4. The van der Waals surface area contributed by atoms with E-state index in [0.717, 1.165) is 42.9 Å². The van der Waals surface area contributed by atoms with Gasteiger partial charge in [0, 0.05) is 30.4 Å². The number of rotatable bonds is 1. The quantitative estimate of drug-likeness (QED) is 0.573. The molecule has 0 amide bonds. The lowest BCUT2D eigenvalue weighted by Gasteiger charge is -2.32. The van der Waals surface area contributed by atoms with Crippen LogP contribution in [-0.2, 0) is 4.79 Å². The van der Waals surface area contributed by atoms with Gasteiger partial charge < -0.3 is 4.90 Å². The summed E-state index contributed by atoms with van der Waals surface area (Å²) in [6.45, 7) is 1.49. The van der Waals surface area contributed by atoms with Crippen LogP contribution in [0.5, 0.6) is 0 Å². The van der Waals surface area contributed by atoms with Gasteiger partial charge in [0.1, 0.15) is 11.7 Å². The Morgan fingerprint density at radius 3 is 2.38 bits per heavy atom. The maximum absolute atomic E-state index is 14.9. The number of ketones is 1. The number of hydrogen-bond donors (Lipinski definition) is 0. The molecular weight excluding hydrogens is 353 g/mol. The number of Topliss-reactive ketones (excluding diaryl/α,β-unsaturated/α-hetero) is 1. The first-order valence-corrected chi connectivity index (χ1v) is 8.39. The minimum absolute atomic E-state index is 0.102. The monoisotopic (exact) mass is 371 g/mol. The highest BCUT2D eigenvalue weighted by Crippen LogP contribution is 2.43. The molecule has 3 aliphatic rings. The fraction of sp³-hybridized carbons (Fsp3) is 0.421. The number of halogens is 5. The molecule has 0 aromatic carbocycles. The van der Waals surface area contributed by atoms with E-state index in [9.17, 15) is 26.7 Å². The number of carbonyl (C=O) groups is 1. The van der Waals surface area contributed by atoms with Gasteiger partial charge in [0.25, 0.3) is 5.78 Å². The van der Waals surface area contributed by atoms with E-state index >= 15 is 0 Å². The van der Waals surface area contributed by atoms with Crippen LogP contribution in [0.2, 0.25) is 0 Å². The normalized spacial score (nSPS) is 27.0. The van der Waals surface area contributed by atoms with Crippen LogP contribution in [0.25, 0.3) is 0 Å². The molecule has 3 rings (SSSR count). The number of hydrogen-bond acceptors (Lipinski definition) is 2. The summed E-state index contributed by atoms with van der Waals surface area (Å²) in [5, 5.41) is 0. The minimum atomic E-state index is -5.35. The average molecular weight is 371 g/mol. The molecule has 2 nitrogen and oxygen atoms in total. The Labute approximate surface area is 148 Å². The predicted octanol–water partition coefficient (Wildman–Crippen LogP) is 5.43. The van der Waals surface area contributed by atoms with Crippen LogP contribution in [0.1, 0.15) is 32.6 Å².